The van der Waals surface area contributed by atoms with Crippen LogP contribution < -0.4 is 14.8 Å². The predicted octanol–water partition coefficient (Wildman–Crippen LogP) is 3.72. The Labute approximate surface area is 189 Å². The second-order valence-corrected chi connectivity index (χ2v) is 8.31. The Morgan fingerprint density at radius 2 is 1.97 bits per heavy atom. The molecule has 0 aliphatic carbocycles. The molecule has 0 saturated carbocycles. The molecule has 0 unspecified atom stereocenters. The van der Waals surface area contributed by atoms with Crippen molar-refractivity contribution in [2.45, 2.75) is 25.2 Å². The van der Waals surface area contributed by atoms with Crippen molar-refractivity contribution in [2.75, 3.05) is 27.6 Å². The largest absolute Gasteiger partial charge is 0.497 e. The first-order chi connectivity index (χ1) is 15.0. The first-order valence-electron chi connectivity index (χ1n) is 9.38. The van der Waals surface area contributed by atoms with Crippen LogP contribution in [0.1, 0.15) is 26.5 Å². The van der Waals surface area contributed by atoms with Crippen LogP contribution in [0, 0.1) is 6.92 Å². The Morgan fingerprint density at radius 1 is 1.16 bits per heavy atom. The predicted molar refractivity (Wildman–Crippen MR) is 121 cm³/mol. The van der Waals surface area contributed by atoms with Crippen LogP contribution in [0.2, 0.25) is 0 Å². The number of methoxy groups -OCH3 is 3. The first-order valence-corrected chi connectivity index (χ1v) is 11.4. The highest BCUT2D eigenvalue weighted by molar-refractivity contribution is 7.98. The lowest BCUT2D eigenvalue weighted by molar-refractivity contribution is 0.0593. The Kier molecular flexibility index (Phi) is 7.83. The minimum absolute atomic E-state index is 0.292. The molecule has 1 N–H and O–H groups in total. The third-order valence-electron chi connectivity index (χ3n) is 4.51. The van der Waals surface area contributed by atoms with Gasteiger partial charge in [0.05, 0.1) is 26.2 Å². The Balaban J connectivity index is 1.84. The second-order valence-electron chi connectivity index (χ2n) is 6.45. The number of esters is 1. The van der Waals surface area contributed by atoms with E-state index in [4.69, 9.17) is 14.2 Å². The van der Waals surface area contributed by atoms with Crippen LogP contribution >= 0.6 is 23.1 Å². The fourth-order valence-corrected chi connectivity index (χ4v) is 4.29. The SMILES string of the molecule is COC(=O)c1nc(-c2nc(SC)ncc2C)sc1CNCc1ccc(OC)cc1OC. The van der Waals surface area contributed by atoms with Crippen molar-refractivity contribution in [1.82, 2.24) is 20.3 Å². The van der Waals surface area contributed by atoms with Gasteiger partial charge in [-0.3, -0.25) is 0 Å². The molecule has 2 heterocycles. The van der Waals surface area contributed by atoms with Gasteiger partial charge in [0, 0.05) is 30.9 Å². The maximum Gasteiger partial charge on any atom is 0.357 e. The van der Waals surface area contributed by atoms with E-state index >= 15 is 0 Å². The van der Waals surface area contributed by atoms with E-state index in [0.29, 0.717) is 28.9 Å². The van der Waals surface area contributed by atoms with Gasteiger partial charge in [-0.15, -0.1) is 11.3 Å². The normalized spacial score (nSPS) is 10.7. The summed E-state index contributed by atoms with van der Waals surface area (Å²) in [6, 6.07) is 5.66. The van der Waals surface area contributed by atoms with E-state index in [9.17, 15) is 4.79 Å². The molecule has 0 fully saturated rings. The second kappa shape index (κ2) is 10.6. The summed E-state index contributed by atoms with van der Waals surface area (Å²) in [5.41, 5.74) is 2.88. The van der Waals surface area contributed by atoms with Gasteiger partial charge in [-0.2, -0.15) is 0 Å². The number of nitrogens with zero attached hydrogens (tertiary/aromatic N) is 3. The topological polar surface area (TPSA) is 95.5 Å². The highest BCUT2D eigenvalue weighted by atomic mass is 32.2. The minimum Gasteiger partial charge on any atom is -0.497 e. The number of nitrogens with one attached hydrogen (secondary N) is 1. The zero-order chi connectivity index (χ0) is 22.4. The molecule has 0 radical (unpaired) electrons. The summed E-state index contributed by atoms with van der Waals surface area (Å²) in [6.45, 7) is 2.91. The molecule has 0 amide bonds. The third kappa shape index (κ3) is 5.33. The number of carbonyl (C=O) groups excluding carboxylic acids is 1. The zero-order valence-corrected chi connectivity index (χ0v) is 19.6. The molecule has 0 aliphatic rings. The van der Waals surface area contributed by atoms with Crippen LogP contribution in [-0.2, 0) is 17.8 Å². The van der Waals surface area contributed by atoms with E-state index in [1.165, 1.54) is 30.2 Å². The molecule has 10 heteroatoms. The fourth-order valence-electron chi connectivity index (χ4n) is 2.88. The van der Waals surface area contributed by atoms with E-state index in [0.717, 1.165) is 33.2 Å². The fraction of sp³-hybridized carbons (Fsp3) is 0.333. The van der Waals surface area contributed by atoms with Gasteiger partial charge >= 0.3 is 5.97 Å². The average Bonchev–Trinajstić information content (AvgIpc) is 3.22. The maximum atomic E-state index is 12.3. The van der Waals surface area contributed by atoms with E-state index < -0.39 is 5.97 Å². The monoisotopic (exact) mass is 460 g/mol. The van der Waals surface area contributed by atoms with Crippen LogP contribution in [0.4, 0.5) is 0 Å². The Morgan fingerprint density at radius 3 is 2.65 bits per heavy atom. The van der Waals surface area contributed by atoms with Crippen molar-refractivity contribution in [3.05, 3.63) is 46.1 Å². The van der Waals surface area contributed by atoms with E-state index in [2.05, 4.69) is 20.3 Å². The molecule has 1 aromatic carbocycles. The number of thioether (sulfide) groups is 1. The van der Waals surface area contributed by atoms with Gasteiger partial charge in [0.1, 0.15) is 22.2 Å². The summed E-state index contributed by atoms with van der Waals surface area (Å²) in [4.78, 5) is 26.5. The van der Waals surface area contributed by atoms with Gasteiger partial charge in [0.15, 0.2) is 10.9 Å². The molecule has 8 nitrogen and oxygen atoms in total. The number of aryl methyl sites for hydroxylation is 1. The molecule has 0 spiro atoms. The number of hydrogen-bond donors (Lipinski definition) is 1. The van der Waals surface area contributed by atoms with Gasteiger partial charge < -0.3 is 19.5 Å². The van der Waals surface area contributed by atoms with Crippen LogP contribution in [-0.4, -0.2) is 48.5 Å². The molecule has 3 rings (SSSR count). The van der Waals surface area contributed by atoms with Crippen molar-refractivity contribution in [1.29, 1.82) is 0 Å². The van der Waals surface area contributed by atoms with Gasteiger partial charge in [-0.05, 0) is 24.8 Å². The molecule has 3 aromatic rings. The average molecular weight is 461 g/mol. The van der Waals surface area contributed by atoms with Gasteiger partial charge in [-0.1, -0.05) is 17.8 Å². The minimum atomic E-state index is -0.474. The number of aromatic nitrogens is 3. The van der Waals surface area contributed by atoms with Gasteiger partial charge in [0.25, 0.3) is 0 Å². The Bertz CT molecular complexity index is 1070. The van der Waals surface area contributed by atoms with Crippen LogP contribution in [0.5, 0.6) is 11.5 Å². The summed E-state index contributed by atoms with van der Waals surface area (Å²) in [5, 5.41) is 4.67. The summed E-state index contributed by atoms with van der Waals surface area (Å²) >= 11 is 2.87. The lowest BCUT2D eigenvalue weighted by atomic mass is 10.2. The van der Waals surface area contributed by atoms with E-state index in [1.807, 2.05) is 31.4 Å². The summed E-state index contributed by atoms with van der Waals surface area (Å²) < 4.78 is 15.6. The van der Waals surface area contributed by atoms with E-state index in [1.54, 1.807) is 20.4 Å². The van der Waals surface area contributed by atoms with Crippen molar-refractivity contribution in [3.63, 3.8) is 0 Å². The standard InChI is InChI=1S/C21H24N4O4S2/c1-12-9-23-21(30-5)25-17(12)19-24-18(20(26)29-4)16(31-19)11-22-10-13-6-7-14(27-2)8-15(13)28-3/h6-9,22H,10-11H2,1-5H3. The number of carbonyl (C=O) groups is 1. The van der Waals surface area contributed by atoms with Crippen LogP contribution in [0.15, 0.2) is 29.6 Å². The van der Waals surface area contributed by atoms with Gasteiger partial charge in [-0.25, -0.2) is 19.7 Å². The van der Waals surface area contributed by atoms with Crippen LogP contribution in [0.25, 0.3) is 10.7 Å². The summed E-state index contributed by atoms with van der Waals surface area (Å²) in [7, 11) is 4.59. The van der Waals surface area contributed by atoms with Crippen LogP contribution in [0.3, 0.4) is 0 Å². The summed E-state index contributed by atoms with van der Waals surface area (Å²) in [6.07, 6.45) is 3.68. The first kappa shape index (κ1) is 23.0. The quantitative estimate of drug-likeness (QED) is 0.291. The third-order valence-corrected chi connectivity index (χ3v) is 6.13. The molecular formula is C21H24N4O4S2. The number of benzene rings is 1. The van der Waals surface area contributed by atoms with Crippen molar-refractivity contribution in [2.24, 2.45) is 0 Å². The highest BCUT2D eigenvalue weighted by Gasteiger charge is 2.21. The van der Waals surface area contributed by atoms with Crippen molar-refractivity contribution >= 4 is 29.1 Å². The summed E-state index contributed by atoms with van der Waals surface area (Å²) in [5.74, 6) is 0.981. The lowest BCUT2D eigenvalue weighted by Crippen LogP contribution is -2.15. The number of thiazole rings is 1. The molecule has 31 heavy (non-hydrogen) atoms. The highest BCUT2D eigenvalue weighted by Crippen LogP contribution is 2.31. The molecule has 0 bridgehead atoms. The molecule has 0 aliphatic heterocycles. The van der Waals surface area contributed by atoms with E-state index in [-0.39, 0.29) is 0 Å². The molecule has 2 aromatic heterocycles. The maximum absolute atomic E-state index is 12.3. The molecule has 164 valence electrons. The van der Waals surface area contributed by atoms with Gasteiger partial charge in [0.2, 0.25) is 0 Å². The number of hydrogen-bond acceptors (Lipinski definition) is 10. The van der Waals surface area contributed by atoms with Crippen molar-refractivity contribution in [3.8, 4) is 22.2 Å². The molecule has 0 saturated heterocycles. The number of ether oxygens (including phenoxy) is 3. The molecular weight excluding hydrogens is 436 g/mol. The smallest absolute Gasteiger partial charge is 0.357 e. The molecule has 0 atom stereocenters. The Hall–Kier alpha value is -2.69. The zero-order valence-electron chi connectivity index (χ0n) is 18.0. The lowest BCUT2D eigenvalue weighted by Gasteiger charge is -2.11. The van der Waals surface area contributed by atoms with Crippen molar-refractivity contribution < 1.29 is 19.0 Å². The number of rotatable bonds is 9.